The molecule has 4 rings (SSSR count). The maximum Gasteiger partial charge on any atom is 0.143 e. The van der Waals surface area contributed by atoms with E-state index in [1.165, 1.54) is 6.33 Å². The molecule has 0 spiro atoms. The minimum atomic E-state index is 0.321. The fourth-order valence-corrected chi connectivity index (χ4v) is 2.21. The van der Waals surface area contributed by atoms with E-state index < -0.39 is 0 Å². The Morgan fingerprint density at radius 2 is 1.91 bits per heavy atom. The number of aromatic nitrogens is 4. The molecule has 0 bridgehead atoms. The van der Waals surface area contributed by atoms with Crippen molar-refractivity contribution in [3.63, 3.8) is 0 Å². The first-order chi connectivity index (χ1) is 10.8. The van der Waals surface area contributed by atoms with Gasteiger partial charge in [0.25, 0.3) is 0 Å². The Labute approximate surface area is 125 Å². The smallest absolute Gasteiger partial charge is 0.143 e. The Morgan fingerprint density at radius 3 is 2.68 bits per heavy atom. The third-order valence-electron chi connectivity index (χ3n) is 3.29. The van der Waals surface area contributed by atoms with Crippen molar-refractivity contribution in [1.29, 1.82) is 0 Å². The summed E-state index contributed by atoms with van der Waals surface area (Å²) in [4.78, 5) is 5.00. The van der Waals surface area contributed by atoms with E-state index >= 15 is 0 Å². The molecule has 1 aliphatic rings. The lowest BCUT2D eigenvalue weighted by molar-refractivity contribution is -0.0329. The molecule has 0 saturated carbocycles. The summed E-state index contributed by atoms with van der Waals surface area (Å²) >= 11 is 0. The zero-order chi connectivity index (χ0) is 14.9. The third kappa shape index (κ3) is 2.26. The number of benzene rings is 2. The van der Waals surface area contributed by atoms with Crippen LogP contribution >= 0.6 is 0 Å². The van der Waals surface area contributed by atoms with Gasteiger partial charge in [0.2, 0.25) is 0 Å². The van der Waals surface area contributed by atoms with Gasteiger partial charge in [-0.2, -0.15) is 0 Å². The first-order valence-corrected chi connectivity index (χ1v) is 6.56. The van der Waals surface area contributed by atoms with Crippen LogP contribution in [-0.2, 0) is 11.4 Å². The van der Waals surface area contributed by atoms with Crippen molar-refractivity contribution in [2.75, 3.05) is 5.23 Å². The van der Waals surface area contributed by atoms with Gasteiger partial charge >= 0.3 is 0 Å². The van der Waals surface area contributed by atoms with Gasteiger partial charge in [0.15, 0.2) is 0 Å². The number of ether oxygens (including phenoxy) is 1. The average Bonchev–Trinajstić information content (AvgIpc) is 3.19. The molecule has 110 valence electrons. The van der Waals surface area contributed by atoms with Gasteiger partial charge in [-0.15, -0.1) is 10.3 Å². The Bertz CT molecular complexity index is 789. The molecule has 0 unspecified atom stereocenters. The van der Waals surface area contributed by atoms with Crippen LogP contribution in [0.3, 0.4) is 0 Å². The molecule has 8 heteroatoms. The van der Waals surface area contributed by atoms with Gasteiger partial charge in [0, 0.05) is 5.56 Å². The highest BCUT2D eigenvalue weighted by Crippen LogP contribution is 2.32. The maximum atomic E-state index is 9.43. The quantitative estimate of drug-likeness (QED) is 0.792. The number of tetrazole rings is 1. The molecular formula is C14H11N5O3. The summed E-state index contributed by atoms with van der Waals surface area (Å²) in [6, 6.07) is 12.7. The van der Waals surface area contributed by atoms with E-state index in [1.807, 2.05) is 30.3 Å². The molecular weight excluding hydrogens is 286 g/mol. The summed E-state index contributed by atoms with van der Waals surface area (Å²) in [5, 5.41) is 21.2. The Balaban J connectivity index is 1.54. The number of hydrogen-bond donors (Lipinski definition) is 1. The van der Waals surface area contributed by atoms with Gasteiger partial charge in [0.1, 0.15) is 30.1 Å². The number of hydrogen-bond acceptors (Lipinski definition) is 7. The first-order valence-electron chi connectivity index (χ1n) is 6.56. The summed E-state index contributed by atoms with van der Waals surface area (Å²) in [7, 11) is 0. The molecule has 1 aromatic heterocycles. The Kier molecular flexibility index (Phi) is 2.95. The van der Waals surface area contributed by atoms with E-state index in [4.69, 9.17) is 9.57 Å². The van der Waals surface area contributed by atoms with Crippen molar-refractivity contribution in [3.05, 3.63) is 54.4 Å². The van der Waals surface area contributed by atoms with Crippen molar-refractivity contribution >= 4 is 5.69 Å². The lowest BCUT2D eigenvalue weighted by Gasteiger charge is -2.09. The second kappa shape index (κ2) is 5.10. The second-order valence-corrected chi connectivity index (χ2v) is 4.69. The number of anilines is 1. The summed E-state index contributed by atoms with van der Waals surface area (Å²) in [5.74, 6) is 1.37. The van der Waals surface area contributed by atoms with Gasteiger partial charge in [0.05, 0.1) is 5.69 Å². The van der Waals surface area contributed by atoms with E-state index in [1.54, 1.807) is 16.8 Å². The highest BCUT2D eigenvalue weighted by molar-refractivity contribution is 5.55. The van der Waals surface area contributed by atoms with Crippen LogP contribution < -0.4 is 9.96 Å². The molecule has 0 fully saturated rings. The van der Waals surface area contributed by atoms with Crippen molar-refractivity contribution in [1.82, 2.24) is 20.2 Å². The highest BCUT2D eigenvalue weighted by atomic mass is 16.9. The fourth-order valence-electron chi connectivity index (χ4n) is 2.21. The molecule has 8 nitrogen and oxygen atoms in total. The zero-order valence-corrected chi connectivity index (χ0v) is 11.3. The normalized spacial score (nSPS) is 13.2. The van der Waals surface area contributed by atoms with Gasteiger partial charge < -0.3 is 4.74 Å². The monoisotopic (exact) mass is 297 g/mol. The van der Waals surface area contributed by atoms with Crippen LogP contribution in [0.2, 0.25) is 0 Å². The lowest BCUT2D eigenvalue weighted by atomic mass is 10.2. The number of fused-ring (bicyclic) bond motifs is 1. The third-order valence-corrected chi connectivity index (χ3v) is 3.29. The molecule has 1 aliphatic heterocycles. The van der Waals surface area contributed by atoms with Crippen LogP contribution in [0, 0.1) is 0 Å². The van der Waals surface area contributed by atoms with E-state index in [9.17, 15) is 5.21 Å². The van der Waals surface area contributed by atoms with Crippen LogP contribution in [0.4, 0.5) is 5.69 Å². The highest BCUT2D eigenvalue weighted by Gasteiger charge is 2.19. The summed E-state index contributed by atoms with van der Waals surface area (Å²) in [6.45, 7) is 0.321. The average molecular weight is 297 g/mol. The minimum Gasteiger partial charge on any atom is -0.457 e. The van der Waals surface area contributed by atoms with E-state index in [2.05, 4.69) is 15.5 Å². The van der Waals surface area contributed by atoms with Crippen molar-refractivity contribution < 1.29 is 14.8 Å². The predicted molar refractivity (Wildman–Crippen MR) is 74.7 cm³/mol. The molecule has 0 aliphatic carbocycles. The fraction of sp³-hybridized carbons (Fsp3) is 0.0714. The molecule has 0 radical (unpaired) electrons. The zero-order valence-electron chi connectivity index (χ0n) is 11.3. The first kappa shape index (κ1) is 12.7. The molecule has 3 aromatic rings. The van der Waals surface area contributed by atoms with Gasteiger partial charge in [-0.1, -0.05) is 0 Å². The van der Waals surface area contributed by atoms with E-state index in [0.717, 1.165) is 16.5 Å². The van der Waals surface area contributed by atoms with Crippen molar-refractivity contribution in [3.8, 4) is 17.2 Å². The van der Waals surface area contributed by atoms with Crippen molar-refractivity contribution in [2.24, 2.45) is 0 Å². The predicted octanol–water partition coefficient (Wildman–Crippen LogP) is 2.10. The van der Waals surface area contributed by atoms with Gasteiger partial charge in [-0.05, 0) is 52.9 Å². The van der Waals surface area contributed by atoms with Crippen LogP contribution in [0.1, 0.15) is 5.56 Å². The van der Waals surface area contributed by atoms with E-state index in [0.29, 0.717) is 23.8 Å². The topological polar surface area (TPSA) is 85.5 Å². The molecule has 22 heavy (non-hydrogen) atoms. The Morgan fingerprint density at radius 1 is 1.09 bits per heavy atom. The van der Waals surface area contributed by atoms with Gasteiger partial charge in [-0.25, -0.2) is 9.52 Å². The Hall–Kier alpha value is -2.97. The largest absolute Gasteiger partial charge is 0.457 e. The SMILES string of the molecule is ON1OCc2cc(Oc3ccc(-n4cnnn4)cc3)ccc21. The second-order valence-electron chi connectivity index (χ2n) is 4.69. The standard InChI is InChI=1S/C14H11N5O3/c20-19-14-6-5-13(7-10(14)8-21-19)22-12-3-1-11(2-4-12)18-9-15-16-17-18/h1-7,9,20H,8H2. The van der Waals surface area contributed by atoms with Crippen molar-refractivity contribution in [2.45, 2.75) is 6.61 Å². The number of nitrogens with zero attached hydrogens (tertiary/aromatic N) is 5. The molecule has 2 heterocycles. The van der Waals surface area contributed by atoms with E-state index in [-0.39, 0.29) is 0 Å². The van der Waals surface area contributed by atoms with Crippen LogP contribution in [0.25, 0.3) is 5.69 Å². The molecule has 0 atom stereocenters. The number of rotatable bonds is 3. The molecule has 2 aromatic carbocycles. The summed E-state index contributed by atoms with van der Waals surface area (Å²) in [6.07, 6.45) is 1.52. The van der Waals surface area contributed by atoms with Crippen LogP contribution in [-0.4, -0.2) is 25.4 Å². The minimum absolute atomic E-state index is 0.321. The summed E-state index contributed by atoms with van der Waals surface area (Å²) in [5.41, 5.74) is 2.34. The molecule has 0 saturated heterocycles. The lowest BCUT2D eigenvalue weighted by Crippen LogP contribution is -2.10. The van der Waals surface area contributed by atoms with Crippen LogP contribution in [0.5, 0.6) is 11.5 Å². The molecule has 0 amide bonds. The molecule has 1 N–H and O–H groups in total. The van der Waals surface area contributed by atoms with Gasteiger partial charge in [-0.3, -0.25) is 5.21 Å². The summed E-state index contributed by atoms with van der Waals surface area (Å²) < 4.78 is 7.36. The maximum absolute atomic E-state index is 9.43. The van der Waals surface area contributed by atoms with Crippen LogP contribution in [0.15, 0.2) is 48.8 Å².